The number of nitrogens with zero attached hydrogens (tertiary/aromatic N) is 3. The maximum atomic E-state index is 10.1. The third-order valence-corrected chi connectivity index (χ3v) is 5.55. The Bertz CT molecular complexity index is 815. The quantitative estimate of drug-likeness (QED) is 0.583. The molecule has 1 fully saturated rings. The van der Waals surface area contributed by atoms with Gasteiger partial charge in [-0.3, -0.25) is 0 Å². The highest BCUT2D eigenvalue weighted by Crippen LogP contribution is 2.34. The number of aliphatic hydroxyl groups is 1. The number of ether oxygens (including phenoxy) is 2. The van der Waals surface area contributed by atoms with Crippen LogP contribution in [0.25, 0.3) is 0 Å². The van der Waals surface area contributed by atoms with Crippen LogP contribution < -0.4 is 15.0 Å². The van der Waals surface area contributed by atoms with Crippen LogP contribution in [-0.4, -0.2) is 53.1 Å². The molecular weight excluding hydrogens is 392 g/mol. The van der Waals surface area contributed by atoms with Crippen molar-refractivity contribution in [2.45, 2.75) is 65.0 Å². The maximum absolute atomic E-state index is 10.1. The van der Waals surface area contributed by atoms with Gasteiger partial charge in [0.25, 0.3) is 0 Å². The van der Waals surface area contributed by atoms with E-state index >= 15 is 0 Å². The summed E-state index contributed by atoms with van der Waals surface area (Å²) in [7, 11) is 0. The van der Waals surface area contributed by atoms with Gasteiger partial charge in [0.05, 0.1) is 41.7 Å². The Kier molecular flexibility index (Phi) is 8.09. The molecule has 31 heavy (non-hydrogen) atoms. The van der Waals surface area contributed by atoms with Gasteiger partial charge in [-0.25, -0.2) is 9.97 Å². The number of aromatic nitrogens is 2. The Balaban J connectivity index is 1.88. The van der Waals surface area contributed by atoms with Crippen molar-refractivity contribution in [2.24, 2.45) is 0 Å². The molecule has 0 amide bonds. The van der Waals surface area contributed by atoms with Crippen molar-refractivity contribution in [1.29, 1.82) is 0 Å². The molecule has 0 spiro atoms. The fourth-order valence-electron chi connectivity index (χ4n) is 3.90. The molecule has 0 radical (unpaired) electrons. The SMILES string of the molecule is CCOc1ncc(Nc2cc(CCC(C)(C)O)ccc2N(CC)C2CCOCC2)cn1. The molecule has 0 atom stereocenters. The number of hydrogen-bond acceptors (Lipinski definition) is 7. The van der Waals surface area contributed by atoms with Crippen LogP contribution in [0.5, 0.6) is 6.01 Å². The van der Waals surface area contributed by atoms with E-state index in [0.29, 0.717) is 25.1 Å². The molecule has 1 aromatic carbocycles. The number of aryl methyl sites for hydroxylation is 1. The minimum atomic E-state index is -0.688. The van der Waals surface area contributed by atoms with Crippen LogP contribution in [0.1, 0.15) is 52.5 Å². The van der Waals surface area contributed by atoms with Crippen molar-refractivity contribution >= 4 is 17.1 Å². The number of hydrogen-bond donors (Lipinski definition) is 2. The molecule has 2 N–H and O–H groups in total. The van der Waals surface area contributed by atoms with Crippen LogP contribution >= 0.6 is 0 Å². The second-order valence-corrected chi connectivity index (χ2v) is 8.61. The standard InChI is InChI=1S/C24H36N4O3/c1-5-28(20-10-13-30-14-11-20)22-8-7-18(9-12-24(3,4)29)15-21(22)27-19-16-25-23(26-17-19)31-6-2/h7-8,15-17,20,27,29H,5-6,9-14H2,1-4H3. The van der Waals surface area contributed by atoms with E-state index in [-0.39, 0.29) is 0 Å². The predicted octanol–water partition coefficient (Wildman–Crippen LogP) is 4.33. The largest absolute Gasteiger partial charge is 0.464 e. The third-order valence-electron chi connectivity index (χ3n) is 5.55. The molecule has 170 valence electrons. The van der Waals surface area contributed by atoms with Crippen LogP contribution in [-0.2, 0) is 11.2 Å². The van der Waals surface area contributed by atoms with Gasteiger partial charge >= 0.3 is 6.01 Å². The van der Waals surface area contributed by atoms with Gasteiger partial charge in [-0.15, -0.1) is 0 Å². The average molecular weight is 429 g/mol. The molecule has 1 aliphatic rings. The zero-order chi connectivity index (χ0) is 22.3. The Morgan fingerprint density at radius 3 is 2.52 bits per heavy atom. The van der Waals surface area contributed by atoms with Crippen molar-refractivity contribution in [3.63, 3.8) is 0 Å². The van der Waals surface area contributed by atoms with E-state index in [4.69, 9.17) is 9.47 Å². The third kappa shape index (κ3) is 6.80. The molecule has 1 aromatic heterocycles. The van der Waals surface area contributed by atoms with Gasteiger partial charge in [0, 0.05) is 25.8 Å². The fourth-order valence-corrected chi connectivity index (χ4v) is 3.90. The van der Waals surface area contributed by atoms with E-state index in [1.807, 2.05) is 20.8 Å². The van der Waals surface area contributed by atoms with Gasteiger partial charge in [-0.05, 0) is 71.1 Å². The summed E-state index contributed by atoms with van der Waals surface area (Å²) in [4.78, 5) is 11.0. The van der Waals surface area contributed by atoms with Crippen molar-refractivity contribution in [3.05, 3.63) is 36.2 Å². The second kappa shape index (κ2) is 10.8. The number of anilines is 3. The summed E-state index contributed by atoms with van der Waals surface area (Å²) in [5.74, 6) is 0. The Morgan fingerprint density at radius 1 is 1.19 bits per heavy atom. The summed E-state index contributed by atoms with van der Waals surface area (Å²) in [5.41, 5.74) is 3.49. The lowest BCUT2D eigenvalue weighted by atomic mass is 9.97. The van der Waals surface area contributed by atoms with Gasteiger partial charge in [0.1, 0.15) is 0 Å². The first-order valence-corrected chi connectivity index (χ1v) is 11.3. The Morgan fingerprint density at radius 2 is 1.90 bits per heavy atom. The molecule has 0 bridgehead atoms. The maximum Gasteiger partial charge on any atom is 0.316 e. The average Bonchev–Trinajstić information content (AvgIpc) is 2.76. The molecular formula is C24H36N4O3. The lowest BCUT2D eigenvalue weighted by Crippen LogP contribution is -2.39. The minimum Gasteiger partial charge on any atom is -0.464 e. The van der Waals surface area contributed by atoms with E-state index in [1.165, 1.54) is 5.56 Å². The first-order chi connectivity index (χ1) is 14.9. The molecule has 7 nitrogen and oxygen atoms in total. The molecule has 3 rings (SSSR count). The summed E-state index contributed by atoms with van der Waals surface area (Å²) < 4.78 is 10.9. The molecule has 0 saturated carbocycles. The van der Waals surface area contributed by atoms with Crippen LogP contribution in [0.15, 0.2) is 30.6 Å². The highest BCUT2D eigenvalue weighted by molar-refractivity contribution is 5.76. The van der Waals surface area contributed by atoms with Crippen molar-refractivity contribution < 1.29 is 14.6 Å². The molecule has 1 aliphatic heterocycles. The van der Waals surface area contributed by atoms with Gasteiger partial charge in [-0.2, -0.15) is 0 Å². The highest BCUT2D eigenvalue weighted by atomic mass is 16.5. The van der Waals surface area contributed by atoms with E-state index in [1.54, 1.807) is 12.4 Å². The summed E-state index contributed by atoms with van der Waals surface area (Å²) in [6.07, 6.45) is 7.06. The van der Waals surface area contributed by atoms with E-state index in [2.05, 4.69) is 45.3 Å². The number of rotatable bonds is 10. The lowest BCUT2D eigenvalue weighted by molar-refractivity contribution is 0.0714. The van der Waals surface area contributed by atoms with E-state index in [9.17, 15) is 5.11 Å². The first kappa shape index (κ1) is 23.3. The minimum absolute atomic E-state index is 0.379. The zero-order valence-electron chi connectivity index (χ0n) is 19.2. The highest BCUT2D eigenvalue weighted by Gasteiger charge is 2.23. The van der Waals surface area contributed by atoms with E-state index in [0.717, 1.165) is 56.1 Å². The van der Waals surface area contributed by atoms with Gasteiger partial charge in [-0.1, -0.05) is 6.07 Å². The molecule has 7 heteroatoms. The molecule has 2 heterocycles. The zero-order valence-corrected chi connectivity index (χ0v) is 19.2. The van der Waals surface area contributed by atoms with Crippen molar-refractivity contribution in [3.8, 4) is 6.01 Å². The summed E-state index contributed by atoms with van der Waals surface area (Å²) in [6.45, 7) is 10.9. The predicted molar refractivity (Wildman–Crippen MR) is 124 cm³/mol. The first-order valence-electron chi connectivity index (χ1n) is 11.3. The van der Waals surface area contributed by atoms with Gasteiger partial charge in [0.2, 0.25) is 0 Å². The second-order valence-electron chi connectivity index (χ2n) is 8.61. The van der Waals surface area contributed by atoms with Gasteiger partial charge < -0.3 is 24.8 Å². The van der Waals surface area contributed by atoms with Crippen molar-refractivity contribution in [1.82, 2.24) is 9.97 Å². The smallest absolute Gasteiger partial charge is 0.316 e. The monoisotopic (exact) mass is 428 g/mol. The number of benzene rings is 1. The van der Waals surface area contributed by atoms with Crippen LogP contribution in [0.4, 0.5) is 17.1 Å². The van der Waals surface area contributed by atoms with Gasteiger partial charge in [0.15, 0.2) is 0 Å². The van der Waals surface area contributed by atoms with Crippen molar-refractivity contribution in [2.75, 3.05) is 36.6 Å². The normalized spacial score (nSPS) is 15.0. The van der Waals surface area contributed by atoms with Crippen LogP contribution in [0.3, 0.4) is 0 Å². The summed E-state index contributed by atoms with van der Waals surface area (Å²) in [6, 6.07) is 7.38. The summed E-state index contributed by atoms with van der Waals surface area (Å²) in [5, 5.41) is 13.7. The van der Waals surface area contributed by atoms with E-state index < -0.39 is 5.60 Å². The Hall–Kier alpha value is -2.38. The lowest BCUT2D eigenvalue weighted by Gasteiger charge is -2.36. The number of nitrogens with one attached hydrogen (secondary N) is 1. The topological polar surface area (TPSA) is 79.7 Å². The van der Waals surface area contributed by atoms with Crippen LogP contribution in [0, 0.1) is 0 Å². The Labute approximate surface area is 185 Å². The molecule has 1 saturated heterocycles. The molecule has 0 aliphatic carbocycles. The molecule has 2 aromatic rings. The fraction of sp³-hybridized carbons (Fsp3) is 0.583. The summed E-state index contributed by atoms with van der Waals surface area (Å²) >= 11 is 0. The van der Waals surface area contributed by atoms with Crippen LogP contribution in [0.2, 0.25) is 0 Å². The molecule has 0 unspecified atom stereocenters.